The molecule has 0 saturated heterocycles. The first-order valence-corrected chi connectivity index (χ1v) is 18.8. The fraction of sp³-hybridized carbons (Fsp3) is 0.268. The molecule has 0 radical (unpaired) electrons. The van der Waals surface area contributed by atoms with Crippen LogP contribution in [0.2, 0.25) is 0 Å². The number of anilines is 3. The van der Waals surface area contributed by atoms with Gasteiger partial charge in [0.2, 0.25) is 0 Å². The summed E-state index contributed by atoms with van der Waals surface area (Å²) in [6, 6.07) is 21.9. The summed E-state index contributed by atoms with van der Waals surface area (Å²) in [5.41, 5.74) is 10.2. The quantitative estimate of drug-likeness (QED) is 0.0421. The Morgan fingerprint density at radius 2 is 1.82 bits per heavy atom. The fourth-order valence-electron chi connectivity index (χ4n) is 6.33. The number of aryl methyl sites for hydroxylation is 1. The summed E-state index contributed by atoms with van der Waals surface area (Å²) in [5, 5.41) is 33.7. The monoisotopic (exact) mass is 764 g/mol. The Bertz CT molecular complexity index is 2210. The summed E-state index contributed by atoms with van der Waals surface area (Å²) < 4.78 is 10.8. The van der Waals surface area contributed by atoms with Gasteiger partial charge >= 0.3 is 0 Å². The zero-order valence-corrected chi connectivity index (χ0v) is 31.4. The van der Waals surface area contributed by atoms with Crippen molar-refractivity contribution in [3.8, 4) is 17.2 Å². The van der Waals surface area contributed by atoms with Gasteiger partial charge < -0.3 is 46.7 Å². The molecule has 0 aliphatic carbocycles. The normalized spacial score (nSPS) is 12.7. The van der Waals surface area contributed by atoms with Crippen LogP contribution in [0.1, 0.15) is 63.6 Å². The van der Waals surface area contributed by atoms with Crippen molar-refractivity contribution in [3.05, 3.63) is 101 Å². The number of nitrogens with two attached hydrogens (primary N) is 1. The number of pyridine rings is 1. The van der Waals surface area contributed by atoms with E-state index in [1.54, 1.807) is 19.2 Å². The average Bonchev–Trinajstić information content (AvgIpc) is 3.17. The molecule has 0 spiro atoms. The Kier molecular flexibility index (Phi) is 12.7. The number of carbonyl (C=O) groups excluding carboxylic acids is 3. The number of unbranched alkanes of at least 4 members (excludes halogenated alkanes) is 3. The summed E-state index contributed by atoms with van der Waals surface area (Å²) in [7, 11) is 1.59. The van der Waals surface area contributed by atoms with Crippen molar-refractivity contribution in [2.24, 2.45) is 5.73 Å². The fourth-order valence-corrected chi connectivity index (χ4v) is 7.35. The predicted molar refractivity (Wildman–Crippen MR) is 213 cm³/mol. The van der Waals surface area contributed by atoms with E-state index in [0.717, 1.165) is 57.6 Å². The van der Waals surface area contributed by atoms with Gasteiger partial charge in [0, 0.05) is 57.3 Å². The molecular weight excluding hydrogens is 721 g/mol. The lowest BCUT2D eigenvalue weighted by Crippen LogP contribution is -2.28. The standard InChI is InChI=1S/C41H44N6O7S/c1-24-17-29(20-31-36(24)45-21-32(40(42)51)37(31)46-26-10-8-11-27(19-26)53-2)55-28-12-7-9-25(18-28)41(52)44-16-6-4-3-5-15-43-22-34(49)30-13-14-33(48)38-39(30)54-23-35(50)47-38/h7-14,17-21,34,43,48-49H,3-6,15-16,22-23H2,1-2H3,(H2,42,51)(H,44,52)(H,45,46)(H,47,50)/t34-/m0/s1. The number of benzene rings is 4. The number of hydrogen-bond acceptors (Lipinski definition) is 11. The maximum absolute atomic E-state index is 13.1. The number of phenols is 1. The number of fused-ring (bicyclic) bond motifs is 2. The van der Waals surface area contributed by atoms with Crippen molar-refractivity contribution >= 4 is 57.4 Å². The third kappa shape index (κ3) is 9.65. The minimum Gasteiger partial charge on any atom is -0.506 e. The van der Waals surface area contributed by atoms with Crippen LogP contribution in [0.25, 0.3) is 10.9 Å². The molecule has 8 N–H and O–H groups in total. The molecular formula is C41H44N6O7S. The van der Waals surface area contributed by atoms with Gasteiger partial charge in [-0.05, 0) is 86.5 Å². The summed E-state index contributed by atoms with van der Waals surface area (Å²) >= 11 is 1.51. The van der Waals surface area contributed by atoms with Gasteiger partial charge in [-0.15, -0.1) is 0 Å². The molecule has 13 nitrogen and oxygen atoms in total. The molecule has 5 aromatic rings. The van der Waals surface area contributed by atoms with Crippen LogP contribution in [-0.2, 0) is 4.79 Å². The maximum Gasteiger partial charge on any atom is 0.262 e. The number of aromatic hydroxyl groups is 1. The number of nitrogens with zero attached hydrogens (tertiary/aromatic N) is 1. The summed E-state index contributed by atoms with van der Waals surface area (Å²) in [6.45, 7) is 3.33. The molecule has 3 amide bonds. The molecule has 6 rings (SSSR count). The highest BCUT2D eigenvalue weighted by Crippen LogP contribution is 2.41. The number of amides is 3. The van der Waals surface area contributed by atoms with E-state index in [-0.39, 0.29) is 41.2 Å². The van der Waals surface area contributed by atoms with Gasteiger partial charge in [-0.25, -0.2) is 0 Å². The van der Waals surface area contributed by atoms with Crippen LogP contribution < -0.4 is 36.5 Å². The van der Waals surface area contributed by atoms with Gasteiger partial charge in [0.15, 0.2) is 12.4 Å². The Balaban J connectivity index is 0.982. The predicted octanol–water partition coefficient (Wildman–Crippen LogP) is 6.20. The molecule has 2 heterocycles. The van der Waals surface area contributed by atoms with Crippen molar-refractivity contribution in [3.63, 3.8) is 0 Å². The lowest BCUT2D eigenvalue weighted by atomic mass is 10.0. The van der Waals surface area contributed by atoms with Crippen molar-refractivity contribution in [2.75, 3.05) is 44.0 Å². The number of aromatic nitrogens is 1. The lowest BCUT2D eigenvalue weighted by Gasteiger charge is -2.23. The molecule has 0 saturated carbocycles. The molecule has 1 aliphatic heterocycles. The zero-order chi connectivity index (χ0) is 38.9. The van der Waals surface area contributed by atoms with Crippen LogP contribution in [0.15, 0.2) is 88.8 Å². The number of hydrogen-bond donors (Lipinski definition) is 7. The van der Waals surface area contributed by atoms with E-state index in [4.69, 9.17) is 15.2 Å². The Hall–Kier alpha value is -5.83. The smallest absolute Gasteiger partial charge is 0.262 e. The number of ether oxygens (including phenoxy) is 2. The number of methoxy groups -OCH3 is 1. The van der Waals surface area contributed by atoms with E-state index in [2.05, 4.69) is 26.3 Å². The van der Waals surface area contributed by atoms with E-state index in [1.165, 1.54) is 24.0 Å². The highest BCUT2D eigenvalue weighted by molar-refractivity contribution is 7.99. The van der Waals surface area contributed by atoms with Gasteiger partial charge in [-0.1, -0.05) is 36.7 Å². The highest BCUT2D eigenvalue weighted by Gasteiger charge is 2.25. The number of nitrogens with one attached hydrogen (secondary N) is 4. The molecule has 1 atom stereocenters. The van der Waals surface area contributed by atoms with E-state index in [1.807, 2.05) is 61.5 Å². The van der Waals surface area contributed by atoms with Crippen molar-refractivity contribution in [1.82, 2.24) is 15.6 Å². The van der Waals surface area contributed by atoms with Gasteiger partial charge in [-0.2, -0.15) is 0 Å². The summed E-state index contributed by atoms with van der Waals surface area (Å²) in [5.74, 6) is -0.264. The minimum absolute atomic E-state index is 0.113. The van der Waals surface area contributed by atoms with Crippen LogP contribution in [0.5, 0.6) is 17.2 Å². The number of phenolic OH excluding ortho intramolecular Hbond substituents is 1. The van der Waals surface area contributed by atoms with Gasteiger partial charge in [0.25, 0.3) is 17.7 Å². The van der Waals surface area contributed by atoms with Crippen molar-refractivity contribution < 1.29 is 34.1 Å². The zero-order valence-electron chi connectivity index (χ0n) is 30.6. The minimum atomic E-state index is -0.873. The van der Waals surface area contributed by atoms with E-state index < -0.39 is 12.0 Å². The van der Waals surface area contributed by atoms with Gasteiger partial charge in [-0.3, -0.25) is 19.4 Å². The first-order chi connectivity index (χ1) is 26.6. The third-order valence-electron chi connectivity index (χ3n) is 9.11. The van der Waals surface area contributed by atoms with Crippen LogP contribution in [-0.4, -0.2) is 66.3 Å². The highest BCUT2D eigenvalue weighted by atomic mass is 32.2. The van der Waals surface area contributed by atoms with Gasteiger partial charge in [0.05, 0.1) is 30.0 Å². The van der Waals surface area contributed by atoms with E-state index >= 15 is 0 Å². The Morgan fingerprint density at radius 1 is 1.02 bits per heavy atom. The van der Waals surface area contributed by atoms with Crippen LogP contribution in [0.4, 0.5) is 17.1 Å². The second-order valence-electron chi connectivity index (χ2n) is 13.1. The Labute approximate surface area is 323 Å². The second kappa shape index (κ2) is 18.0. The van der Waals surface area contributed by atoms with Crippen LogP contribution >= 0.6 is 11.8 Å². The third-order valence-corrected chi connectivity index (χ3v) is 10.1. The molecule has 1 aliphatic rings. The van der Waals surface area contributed by atoms with Gasteiger partial charge in [0.1, 0.15) is 17.2 Å². The second-order valence-corrected chi connectivity index (χ2v) is 14.3. The summed E-state index contributed by atoms with van der Waals surface area (Å²) in [6.07, 6.45) is 4.23. The number of primary amides is 1. The number of carbonyl (C=O) groups is 3. The van der Waals surface area contributed by atoms with E-state index in [0.29, 0.717) is 42.2 Å². The number of aliphatic hydroxyl groups is 1. The molecule has 0 unspecified atom stereocenters. The van der Waals surface area contributed by atoms with Crippen LogP contribution in [0, 0.1) is 6.92 Å². The van der Waals surface area contributed by atoms with Crippen LogP contribution in [0.3, 0.4) is 0 Å². The number of aliphatic hydroxyl groups excluding tert-OH is 1. The van der Waals surface area contributed by atoms with Crippen molar-refractivity contribution in [2.45, 2.75) is 48.5 Å². The first kappa shape index (κ1) is 38.9. The largest absolute Gasteiger partial charge is 0.506 e. The molecule has 0 bridgehead atoms. The average molecular weight is 765 g/mol. The summed E-state index contributed by atoms with van der Waals surface area (Å²) in [4.78, 5) is 43.5. The molecule has 286 valence electrons. The van der Waals surface area contributed by atoms with E-state index in [9.17, 15) is 24.6 Å². The van der Waals surface area contributed by atoms with Crippen molar-refractivity contribution in [1.29, 1.82) is 0 Å². The molecule has 4 aromatic carbocycles. The SMILES string of the molecule is COc1cccc(Nc2c(C(N)=O)cnc3c(C)cc(Sc4cccc(C(=O)NCCCCCCNC[C@H](O)c5ccc(O)c6c5OCC(=O)N6)c4)cc23)c1. The molecule has 55 heavy (non-hydrogen) atoms. The Morgan fingerprint density at radius 3 is 2.62 bits per heavy atom. The topological polar surface area (TPSA) is 197 Å². The molecule has 0 fully saturated rings. The number of rotatable bonds is 17. The first-order valence-electron chi connectivity index (χ1n) is 18.0. The lowest BCUT2D eigenvalue weighted by molar-refractivity contribution is -0.118. The molecule has 1 aromatic heterocycles. The molecule has 14 heteroatoms. The maximum atomic E-state index is 13.1.